The van der Waals surface area contributed by atoms with Gasteiger partial charge in [-0.05, 0) is 81.1 Å². The molecule has 1 aliphatic rings. The van der Waals surface area contributed by atoms with Gasteiger partial charge >= 0.3 is 0 Å². The Bertz CT molecular complexity index is 837. The van der Waals surface area contributed by atoms with E-state index in [0.29, 0.717) is 10.6 Å². The molecule has 2 aromatic rings. The third-order valence-corrected chi connectivity index (χ3v) is 6.04. The van der Waals surface area contributed by atoms with Crippen LogP contribution in [0.4, 0.5) is 10.1 Å². The normalized spacial score (nSPS) is 18.3. The molecule has 1 saturated heterocycles. The quantitative estimate of drug-likeness (QED) is 0.408. The monoisotopic (exact) mass is 582 g/mol. The first-order valence-electron chi connectivity index (χ1n) is 7.21. The molecule has 4 nitrogen and oxygen atoms in total. The van der Waals surface area contributed by atoms with Gasteiger partial charge in [-0.25, -0.2) is 4.39 Å². The van der Waals surface area contributed by atoms with Crippen LogP contribution in [0.5, 0.6) is 5.75 Å². The number of hydrogen-bond donors (Lipinski definition) is 2. The summed E-state index contributed by atoms with van der Waals surface area (Å²) in [6.45, 7) is 0. The molecule has 0 aromatic heterocycles. The van der Waals surface area contributed by atoms with E-state index in [0.717, 1.165) is 18.5 Å². The Balaban J connectivity index is 1.79. The molecule has 8 heteroatoms. The third kappa shape index (κ3) is 4.40. The SMILES string of the molecule is COc1c(I)cc(/C=C2\SC(Nc3ccccc3F)NC2=O)cc1I. The lowest BCUT2D eigenvalue weighted by molar-refractivity contribution is -0.116. The number of methoxy groups -OCH3 is 1. The van der Waals surface area contributed by atoms with Crippen LogP contribution in [-0.4, -0.2) is 18.5 Å². The van der Waals surface area contributed by atoms with Crippen LogP contribution >= 0.6 is 56.9 Å². The highest BCUT2D eigenvalue weighted by Crippen LogP contribution is 2.33. The molecule has 1 heterocycles. The molecule has 1 atom stereocenters. The van der Waals surface area contributed by atoms with Gasteiger partial charge in [0, 0.05) is 0 Å². The number of nitrogens with one attached hydrogen (secondary N) is 2. The van der Waals surface area contributed by atoms with Crippen LogP contribution in [0.15, 0.2) is 41.3 Å². The van der Waals surface area contributed by atoms with Crippen LogP contribution in [0.1, 0.15) is 5.56 Å². The van der Waals surface area contributed by atoms with Crippen LogP contribution in [0.2, 0.25) is 0 Å². The summed E-state index contributed by atoms with van der Waals surface area (Å²) in [4.78, 5) is 12.8. The van der Waals surface area contributed by atoms with Gasteiger partial charge in [0.25, 0.3) is 5.91 Å². The fourth-order valence-electron chi connectivity index (χ4n) is 2.29. The number of rotatable bonds is 4. The maximum absolute atomic E-state index is 13.7. The largest absolute Gasteiger partial charge is 0.495 e. The lowest BCUT2D eigenvalue weighted by Crippen LogP contribution is -2.31. The second-order valence-corrected chi connectivity index (χ2v) is 8.59. The number of halogens is 3. The summed E-state index contributed by atoms with van der Waals surface area (Å²) in [6, 6.07) is 10.3. The first-order valence-corrected chi connectivity index (χ1v) is 10.2. The molecular formula is C17H13FI2N2O2S. The Labute approximate surface area is 176 Å². The van der Waals surface area contributed by atoms with Crippen molar-refractivity contribution < 1.29 is 13.9 Å². The molecule has 1 fully saturated rings. The number of carbonyl (C=O) groups excluding carboxylic acids is 1. The van der Waals surface area contributed by atoms with Gasteiger partial charge in [0.1, 0.15) is 11.6 Å². The highest BCUT2D eigenvalue weighted by Gasteiger charge is 2.27. The Morgan fingerprint density at radius 1 is 1.28 bits per heavy atom. The van der Waals surface area contributed by atoms with E-state index in [2.05, 4.69) is 55.8 Å². The van der Waals surface area contributed by atoms with Crippen molar-refractivity contribution in [2.75, 3.05) is 12.4 Å². The number of anilines is 1. The van der Waals surface area contributed by atoms with Gasteiger partial charge in [-0.15, -0.1) is 0 Å². The summed E-state index contributed by atoms with van der Waals surface area (Å²) < 4.78 is 21.0. The van der Waals surface area contributed by atoms with Gasteiger partial charge < -0.3 is 15.4 Å². The molecule has 0 radical (unpaired) electrons. The van der Waals surface area contributed by atoms with Crippen LogP contribution in [-0.2, 0) is 4.79 Å². The van der Waals surface area contributed by atoms with Crippen LogP contribution < -0.4 is 15.4 Å². The van der Waals surface area contributed by atoms with Gasteiger partial charge in [0.2, 0.25) is 0 Å². The van der Waals surface area contributed by atoms with E-state index in [1.54, 1.807) is 25.3 Å². The van der Waals surface area contributed by atoms with E-state index in [-0.39, 0.29) is 11.7 Å². The molecule has 2 N–H and O–H groups in total. The lowest BCUT2D eigenvalue weighted by atomic mass is 10.2. The third-order valence-electron chi connectivity index (χ3n) is 3.41. The molecule has 3 rings (SSSR count). The summed E-state index contributed by atoms with van der Waals surface area (Å²) in [5.74, 6) is 0.291. The average molecular weight is 582 g/mol. The summed E-state index contributed by atoms with van der Waals surface area (Å²) in [5, 5.41) is 5.79. The maximum Gasteiger partial charge on any atom is 0.260 e. The minimum absolute atomic E-state index is 0.181. The number of para-hydroxylation sites is 1. The fraction of sp³-hybridized carbons (Fsp3) is 0.118. The standard InChI is InChI=1S/C17H13FI2N2O2S/c1-24-15-11(19)6-9(7-12(15)20)8-14-16(23)22-17(25-14)21-13-5-3-2-4-10(13)18/h2-8,17,21H,1H3,(H,22,23)/b14-8-. The Kier molecular flexibility index (Phi) is 6.10. The number of amides is 1. The first-order chi connectivity index (χ1) is 12.0. The van der Waals surface area contributed by atoms with Crippen molar-refractivity contribution in [1.29, 1.82) is 0 Å². The van der Waals surface area contributed by atoms with Crippen molar-refractivity contribution in [2.24, 2.45) is 0 Å². The zero-order chi connectivity index (χ0) is 18.0. The molecule has 1 amide bonds. The molecule has 0 saturated carbocycles. The molecule has 0 aliphatic carbocycles. The number of hydrogen-bond acceptors (Lipinski definition) is 4. The van der Waals surface area contributed by atoms with Crippen molar-refractivity contribution in [3.63, 3.8) is 0 Å². The van der Waals surface area contributed by atoms with E-state index in [1.807, 2.05) is 18.2 Å². The molecule has 0 spiro atoms. The zero-order valence-corrected chi connectivity index (χ0v) is 18.1. The summed E-state index contributed by atoms with van der Waals surface area (Å²) in [7, 11) is 1.64. The topological polar surface area (TPSA) is 50.4 Å². The predicted octanol–water partition coefficient (Wildman–Crippen LogP) is 4.64. The van der Waals surface area contributed by atoms with Crippen molar-refractivity contribution in [3.8, 4) is 5.75 Å². The molecule has 0 bridgehead atoms. The van der Waals surface area contributed by atoms with Crippen LogP contribution in [0.3, 0.4) is 0 Å². The van der Waals surface area contributed by atoms with Gasteiger partial charge in [-0.2, -0.15) is 0 Å². The zero-order valence-electron chi connectivity index (χ0n) is 13.0. The van der Waals surface area contributed by atoms with Crippen LogP contribution in [0, 0.1) is 13.0 Å². The van der Waals surface area contributed by atoms with Crippen molar-refractivity contribution in [1.82, 2.24) is 5.32 Å². The summed E-state index contributed by atoms with van der Waals surface area (Å²) >= 11 is 5.74. The maximum atomic E-state index is 13.7. The summed E-state index contributed by atoms with van der Waals surface area (Å²) in [5.41, 5.74) is 0.862. The minimum Gasteiger partial charge on any atom is -0.495 e. The number of benzene rings is 2. The van der Waals surface area contributed by atoms with E-state index in [9.17, 15) is 9.18 Å². The van der Waals surface area contributed by atoms with E-state index in [4.69, 9.17) is 4.74 Å². The molecule has 1 aliphatic heterocycles. The van der Waals surface area contributed by atoms with Gasteiger partial charge in [-0.1, -0.05) is 23.9 Å². The molecule has 1 unspecified atom stereocenters. The Morgan fingerprint density at radius 2 is 1.96 bits per heavy atom. The highest BCUT2D eigenvalue weighted by molar-refractivity contribution is 14.1. The van der Waals surface area contributed by atoms with E-state index < -0.39 is 5.50 Å². The van der Waals surface area contributed by atoms with Crippen molar-refractivity contribution in [3.05, 3.63) is 59.8 Å². The molecule has 2 aromatic carbocycles. The smallest absolute Gasteiger partial charge is 0.260 e. The second-order valence-electron chi connectivity index (χ2n) is 5.12. The lowest BCUT2D eigenvalue weighted by Gasteiger charge is -2.13. The Morgan fingerprint density at radius 3 is 2.60 bits per heavy atom. The fourth-order valence-corrected chi connectivity index (χ4v) is 5.53. The van der Waals surface area contributed by atoms with Crippen molar-refractivity contribution >= 4 is 74.6 Å². The predicted molar refractivity (Wildman–Crippen MR) is 116 cm³/mol. The number of thioether (sulfide) groups is 1. The number of ether oxygens (including phenoxy) is 1. The Hall–Kier alpha value is -1.01. The van der Waals surface area contributed by atoms with Gasteiger partial charge in [-0.3, -0.25) is 4.79 Å². The summed E-state index contributed by atoms with van der Waals surface area (Å²) in [6.07, 6.45) is 1.83. The highest BCUT2D eigenvalue weighted by atomic mass is 127. The first kappa shape index (κ1) is 18.8. The van der Waals surface area contributed by atoms with E-state index in [1.165, 1.54) is 17.8 Å². The average Bonchev–Trinajstić information content (AvgIpc) is 2.89. The minimum atomic E-state index is -0.410. The molecule has 25 heavy (non-hydrogen) atoms. The van der Waals surface area contributed by atoms with Crippen molar-refractivity contribution in [2.45, 2.75) is 5.50 Å². The molecular weight excluding hydrogens is 569 g/mol. The molecule has 130 valence electrons. The van der Waals surface area contributed by atoms with Gasteiger partial charge in [0.05, 0.1) is 24.8 Å². The van der Waals surface area contributed by atoms with Crippen LogP contribution in [0.25, 0.3) is 6.08 Å². The van der Waals surface area contributed by atoms with Gasteiger partial charge in [0.15, 0.2) is 5.50 Å². The second kappa shape index (κ2) is 8.12. The number of carbonyl (C=O) groups is 1. The van der Waals surface area contributed by atoms with E-state index >= 15 is 0 Å².